The zero-order valence-corrected chi connectivity index (χ0v) is 44.0. The largest absolute Gasteiger partial charge is 0.466 e. The van der Waals surface area contributed by atoms with Crippen LogP contribution in [0.15, 0.2) is 12.2 Å². The highest BCUT2D eigenvalue weighted by atomic mass is 16.5. The maximum absolute atomic E-state index is 12.5. The van der Waals surface area contributed by atoms with Gasteiger partial charge < -0.3 is 20.3 Å². The van der Waals surface area contributed by atoms with Gasteiger partial charge in [0.2, 0.25) is 5.91 Å². The number of hydrogen-bond donors (Lipinski definition) is 3. The lowest BCUT2D eigenvalue weighted by Gasteiger charge is -2.22. The molecule has 1 amide bonds. The molecule has 0 spiro atoms. The fourth-order valence-electron chi connectivity index (χ4n) is 9.28. The molecule has 0 radical (unpaired) electrons. The summed E-state index contributed by atoms with van der Waals surface area (Å²) in [6, 6.07) is -0.554. The van der Waals surface area contributed by atoms with Gasteiger partial charge in [0, 0.05) is 12.8 Å². The van der Waals surface area contributed by atoms with Gasteiger partial charge in [-0.3, -0.25) is 9.59 Å². The van der Waals surface area contributed by atoms with Crippen LogP contribution in [-0.2, 0) is 14.3 Å². The minimum absolute atomic E-state index is 0.0160. The summed E-state index contributed by atoms with van der Waals surface area (Å²) in [5.41, 5.74) is 0. The summed E-state index contributed by atoms with van der Waals surface area (Å²) in [5.74, 6) is -0.0634. The van der Waals surface area contributed by atoms with Crippen molar-refractivity contribution in [3.63, 3.8) is 0 Å². The van der Waals surface area contributed by atoms with Crippen molar-refractivity contribution in [1.82, 2.24) is 5.32 Å². The molecule has 0 aromatic carbocycles. The SMILES string of the molecule is CCCCCCCC/C=C\CCCCCCCC(=O)OCCCCCCCCCCCCCCC(=O)NC(CO)C(O)CCCCCCCCCCCCCCCCCCCCCCC. The van der Waals surface area contributed by atoms with Crippen LogP contribution < -0.4 is 5.32 Å². The van der Waals surface area contributed by atoms with Gasteiger partial charge in [0.05, 0.1) is 25.4 Å². The molecule has 65 heavy (non-hydrogen) atoms. The second-order valence-electron chi connectivity index (χ2n) is 20.3. The van der Waals surface area contributed by atoms with Gasteiger partial charge in [-0.05, 0) is 51.4 Å². The van der Waals surface area contributed by atoms with Gasteiger partial charge in [0.15, 0.2) is 0 Å². The quantitative estimate of drug-likeness (QED) is 0.0321. The smallest absolute Gasteiger partial charge is 0.305 e. The van der Waals surface area contributed by atoms with Crippen LogP contribution in [-0.4, -0.2) is 47.4 Å². The van der Waals surface area contributed by atoms with Gasteiger partial charge in [0.25, 0.3) is 0 Å². The van der Waals surface area contributed by atoms with E-state index in [1.807, 2.05) is 0 Å². The normalized spacial score (nSPS) is 12.6. The van der Waals surface area contributed by atoms with Crippen LogP contribution in [0.25, 0.3) is 0 Å². The average Bonchev–Trinajstić information content (AvgIpc) is 3.31. The molecule has 6 heteroatoms. The molecule has 0 aliphatic rings. The van der Waals surface area contributed by atoms with E-state index in [2.05, 4.69) is 31.3 Å². The minimum atomic E-state index is -0.675. The van der Waals surface area contributed by atoms with Crippen molar-refractivity contribution in [3.05, 3.63) is 12.2 Å². The van der Waals surface area contributed by atoms with Gasteiger partial charge in [-0.25, -0.2) is 0 Å². The average molecular weight is 919 g/mol. The van der Waals surface area contributed by atoms with Crippen molar-refractivity contribution in [2.45, 2.75) is 341 Å². The molecule has 0 bridgehead atoms. The van der Waals surface area contributed by atoms with Gasteiger partial charge in [-0.2, -0.15) is 0 Å². The summed E-state index contributed by atoms with van der Waals surface area (Å²) in [4.78, 5) is 24.6. The van der Waals surface area contributed by atoms with E-state index in [-0.39, 0.29) is 18.5 Å². The number of allylic oxidation sites excluding steroid dienone is 2. The summed E-state index contributed by atoms with van der Waals surface area (Å²) >= 11 is 0. The van der Waals surface area contributed by atoms with Gasteiger partial charge in [-0.1, -0.05) is 276 Å². The molecule has 2 unspecified atom stereocenters. The fraction of sp³-hybridized carbons (Fsp3) is 0.932. The Morgan fingerprint density at radius 3 is 1.09 bits per heavy atom. The molecule has 3 N–H and O–H groups in total. The molecule has 0 aliphatic carbocycles. The monoisotopic (exact) mass is 918 g/mol. The minimum Gasteiger partial charge on any atom is -0.466 e. The van der Waals surface area contributed by atoms with Crippen molar-refractivity contribution >= 4 is 11.9 Å². The van der Waals surface area contributed by atoms with Gasteiger partial charge in [0.1, 0.15) is 0 Å². The molecular weight excluding hydrogens is 803 g/mol. The van der Waals surface area contributed by atoms with Crippen LogP contribution in [0.2, 0.25) is 0 Å². The Kier molecular flexibility index (Phi) is 54.0. The molecule has 0 aromatic rings. The third-order valence-corrected chi connectivity index (χ3v) is 13.8. The summed E-state index contributed by atoms with van der Waals surface area (Å²) in [7, 11) is 0. The van der Waals surface area contributed by atoms with E-state index < -0.39 is 12.1 Å². The number of unbranched alkanes of at least 4 members (excludes halogenated alkanes) is 42. The lowest BCUT2D eigenvalue weighted by molar-refractivity contribution is -0.143. The van der Waals surface area contributed by atoms with Crippen molar-refractivity contribution in [3.8, 4) is 0 Å². The summed E-state index contributed by atoms with van der Waals surface area (Å²) in [6.07, 6.45) is 64.8. The molecule has 0 saturated heterocycles. The van der Waals surface area contributed by atoms with Crippen LogP contribution in [0.3, 0.4) is 0 Å². The first-order chi connectivity index (χ1) is 32.0. The number of hydrogen-bond acceptors (Lipinski definition) is 5. The molecule has 0 aromatic heterocycles. The Morgan fingerprint density at radius 2 is 0.723 bits per heavy atom. The summed E-state index contributed by atoms with van der Waals surface area (Å²) in [6.45, 7) is 4.93. The standard InChI is InChI=1S/C59H115NO5/c1-3-5-7-9-11-13-15-17-19-20-21-22-23-24-26-27-31-35-39-43-47-51-57(62)56(55-61)60-58(63)52-48-44-40-36-32-29-30-34-38-42-46-50-54-65-59(64)53-49-45-41-37-33-28-25-18-16-14-12-10-8-6-4-2/h18,25,56-57,61-62H,3-17,19-24,26-55H2,1-2H3,(H,60,63)/b25-18-. The maximum atomic E-state index is 12.5. The zero-order chi connectivity index (χ0) is 47.2. The van der Waals surface area contributed by atoms with E-state index in [1.165, 1.54) is 238 Å². The summed E-state index contributed by atoms with van der Waals surface area (Å²) < 4.78 is 5.47. The molecule has 386 valence electrons. The number of aliphatic hydroxyl groups excluding tert-OH is 2. The van der Waals surface area contributed by atoms with E-state index in [9.17, 15) is 19.8 Å². The first kappa shape index (κ1) is 63.6. The highest BCUT2D eigenvalue weighted by molar-refractivity contribution is 5.76. The number of carbonyl (C=O) groups is 2. The number of amides is 1. The molecule has 0 aliphatic heterocycles. The van der Waals surface area contributed by atoms with Crippen LogP contribution >= 0.6 is 0 Å². The van der Waals surface area contributed by atoms with Crippen LogP contribution in [0.1, 0.15) is 328 Å². The van der Waals surface area contributed by atoms with Crippen LogP contribution in [0, 0.1) is 0 Å². The lowest BCUT2D eigenvalue weighted by atomic mass is 10.0. The predicted octanol–water partition coefficient (Wildman–Crippen LogP) is 18.1. The van der Waals surface area contributed by atoms with E-state index in [4.69, 9.17) is 4.74 Å². The van der Waals surface area contributed by atoms with Crippen molar-refractivity contribution in [2.75, 3.05) is 13.2 Å². The van der Waals surface area contributed by atoms with E-state index >= 15 is 0 Å². The zero-order valence-electron chi connectivity index (χ0n) is 44.0. The third-order valence-electron chi connectivity index (χ3n) is 13.8. The molecule has 0 heterocycles. The number of aliphatic hydroxyl groups is 2. The number of rotatable bonds is 55. The highest BCUT2D eigenvalue weighted by Crippen LogP contribution is 2.18. The molecule has 0 fully saturated rings. The summed E-state index contributed by atoms with van der Waals surface area (Å²) in [5, 5.41) is 23.3. The Hall–Kier alpha value is -1.40. The van der Waals surface area contributed by atoms with Gasteiger partial charge >= 0.3 is 5.97 Å². The molecule has 6 nitrogen and oxygen atoms in total. The van der Waals surface area contributed by atoms with E-state index in [0.29, 0.717) is 25.9 Å². The fourth-order valence-corrected chi connectivity index (χ4v) is 9.28. The number of esters is 1. The first-order valence-corrected chi connectivity index (χ1v) is 29.4. The van der Waals surface area contributed by atoms with Crippen LogP contribution in [0.5, 0.6) is 0 Å². The third kappa shape index (κ3) is 51.8. The highest BCUT2D eigenvalue weighted by Gasteiger charge is 2.20. The number of carbonyl (C=O) groups excluding carboxylic acids is 2. The van der Waals surface area contributed by atoms with E-state index in [1.54, 1.807) is 0 Å². The van der Waals surface area contributed by atoms with Crippen LogP contribution in [0.4, 0.5) is 0 Å². The Morgan fingerprint density at radius 1 is 0.415 bits per heavy atom. The molecule has 2 atom stereocenters. The lowest BCUT2D eigenvalue weighted by Crippen LogP contribution is -2.45. The molecular formula is C59H115NO5. The number of ether oxygens (including phenoxy) is 1. The first-order valence-electron chi connectivity index (χ1n) is 29.4. The molecule has 0 rings (SSSR count). The number of nitrogens with one attached hydrogen (secondary N) is 1. The second-order valence-corrected chi connectivity index (χ2v) is 20.3. The second kappa shape index (κ2) is 55.2. The Balaban J connectivity index is 3.45. The van der Waals surface area contributed by atoms with Crippen molar-refractivity contribution in [2.24, 2.45) is 0 Å². The molecule has 0 saturated carbocycles. The topological polar surface area (TPSA) is 95.9 Å². The van der Waals surface area contributed by atoms with E-state index in [0.717, 1.165) is 57.8 Å². The Labute approximate surface area is 406 Å². The van der Waals surface area contributed by atoms with Gasteiger partial charge in [-0.15, -0.1) is 0 Å². The predicted molar refractivity (Wildman–Crippen MR) is 283 cm³/mol. The maximum Gasteiger partial charge on any atom is 0.305 e. The Bertz CT molecular complexity index is 970. The van der Waals surface area contributed by atoms with Crippen molar-refractivity contribution < 1.29 is 24.5 Å². The van der Waals surface area contributed by atoms with Crippen molar-refractivity contribution in [1.29, 1.82) is 0 Å².